The lowest BCUT2D eigenvalue weighted by molar-refractivity contribution is -0.148. The summed E-state index contributed by atoms with van der Waals surface area (Å²) in [6.07, 6.45) is 3.61. The molecule has 1 amide bonds. The van der Waals surface area contributed by atoms with E-state index in [4.69, 9.17) is 23.7 Å². The highest BCUT2D eigenvalue weighted by Crippen LogP contribution is 2.20. The number of amides is 1. The molecule has 0 heterocycles. The highest BCUT2D eigenvalue weighted by molar-refractivity contribution is 5.70. The van der Waals surface area contributed by atoms with Crippen LogP contribution < -0.4 is 10.1 Å². The summed E-state index contributed by atoms with van der Waals surface area (Å²) in [6, 6.07) is 7.56. The highest BCUT2D eigenvalue weighted by Gasteiger charge is 2.18. The van der Waals surface area contributed by atoms with Crippen molar-refractivity contribution in [2.24, 2.45) is 0 Å². The normalized spacial score (nSPS) is 12.2. The Labute approximate surface area is 198 Å². The van der Waals surface area contributed by atoms with Crippen molar-refractivity contribution in [3.8, 4) is 5.75 Å². The van der Waals surface area contributed by atoms with Gasteiger partial charge in [0.2, 0.25) is 0 Å². The minimum absolute atomic E-state index is 0.0285. The number of alkyl carbamates (subject to hydrolysis) is 1. The predicted molar refractivity (Wildman–Crippen MR) is 126 cm³/mol. The lowest BCUT2D eigenvalue weighted by Gasteiger charge is -2.22. The van der Waals surface area contributed by atoms with E-state index in [1.807, 2.05) is 52.0 Å². The monoisotopic (exact) mass is 467 g/mol. The van der Waals surface area contributed by atoms with Crippen molar-refractivity contribution in [1.29, 1.82) is 0 Å². The molecule has 8 nitrogen and oxygen atoms in total. The third kappa shape index (κ3) is 15.2. The van der Waals surface area contributed by atoms with Gasteiger partial charge >= 0.3 is 12.1 Å². The third-order valence-corrected chi connectivity index (χ3v) is 4.44. The van der Waals surface area contributed by atoms with Crippen molar-refractivity contribution in [1.82, 2.24) is 5.32 Å². The van der Waals surface area contributed by atoms with Crippen LogP contribution >= 0.6 is 0 Å². The molecule has 0 aliphatic carbocycles. The molecule has 0 saturated carbocycles. The molecule has 33 heavy (non-hydrogen) atoms. The first kappa shape index (κ1) is 28.7. The molecule has 0 bridgehead atoms. The molecule has 8 heteroatoms. The lowest BCUT2D eigenvalue weighted by Crippen LogP contribution is -2.34. The fraction of sp³-hybridized carbons (Fsp3) is 0.680. The summed E-state index contributed by atoms with van der Waals surface area (Å²) >= 11 is 0. The molecule has 1 N–H and O–H groups in total. The second kappa shape index (κ2) is 16.3. The van der Waals surface area contributed by atoms with E-state index in [0.29, 0.717) is 33.0 Å². The second-order valence-corrected chi connectivity index (χ2v) is 8.67. The number of carbonyl (C=O) groups excluding carboxylic acids is 2. The number of nitrogens with one attached hydrogen (secondary N) is 1. The predicted octanol–water partition coefficient (Wildman–Crippen LogP) is 4.81. The number of benzene rings is 1. The van der Waals surface area contributed by atoms with Gasteiger partial charge in [0.05, 0.1) is 32.5 Å². The van der Waals surface area contributed by atoms with Gasteiger partial charge in [-0.1, -0.05) is 18.6 Å². The van der Waals surface area contributed by atoms with Gasteiger partial charge in [0.15, 0.2) is 0 Å². The molecule has 0 spiro atoms. The zero-order valence-corrected chi connectivity index (χ0v) is 20.8. The van der Waals surface area contributed by atoms with Crippen LogP contribution in [0.3, 0.4) is 0 Å². The minimum atomic E-state index is -0.527. The van der Waals surface area contributed by atoms with Gasteiger partial charge in [0, 0.05) is 6.61 Å². The van der Waals surface area contributed by atoms with Crippen molar-refractivity contribution in [2.75, 3.05) is 39.6 Å². The number of hydrogen-bond donors (Lipinski definition) is 1. The Bertz CT molecular complexity index is 688. The van der Waals surface area contributed by atoms with Crippen LogP contribution in [0.25, 0.3) is 0 Å². The average molecular weight is 468 g/mol. The van der Waals surface area contributed by atoms with E-state index in [-0.39, 0.29) is 18.6 Å². The van der Waals surface area contributed by atoms with E-state index in [2.05, 4.69) is 5.32 Å². The Hall–Kier alpha value is -2.32. The van der Waals surface area contributed by atoms with Crippen molar-refractivity contribution in [2.45, 2.75) is 71.9 Å². The minimum Gasteiger partial charge on any atom is -0.494 e. The second-order valence-electron chi connectivity index (χ2n) is 8.67. The van der Waals surface area contributed by atoms with Gasteiger partial charge in [-0.3, -0.25) is 0 Å². The fourth-order valence-corrected chi connectivity index (χ4v) is 2.87. The van der Waals surface area contributed by atoms with E-state index in [9.17, 15) is 9.59 Å². The third-order valence-electron chi connectivity index (χ3n) is 4.44. The summed E-state index contributed by atoms with van der Waals surface area (Å²) in [6.45, 7) is 11.7. The summed E-state index contributed by atoms with van der Waals surface area (Å²) in [5.41, 5.74) is 0.433. The first-order valence-electron chi connectivity index (χ1n) is 11.7. The Morgan fingerprint density at radius 3 is 2.36 bits per heavy atom. The lowest BCUT2D eigenvalue weighted by atomic mass is 10.1. The first-order valence-corrected chi connectivity index (χ1v) is 11.7. The van der Waals surface area contributed by atoms with Gasteiger partial charge in [-0.05, 0) is 71.6 Å². The van der Waals surface area contributed by atoms with Crippen molar-refractivity contribution in [3.05, 3.63) is 29.8 Å². The SMILES string of the molecule is CCOC(=O)COCCOCCCCCCOc1cccc(C(C)NC(=O)OC(C)(C)C)c1. The van der Waals surface area contributed by atoms with Crippen LogP contribution in [-0.2, 0) is 23.7 Å². The van der Waals surface area contributed by atoms with E-state index < -0.39 is 11.7 Å². The molecular formula is C25H41NO7. The van der Waals surface area contributed by atoms with Crippen LogP contribution in [0.1, 0.15) is 71.9 Å². The molecular weight excluding hydrogens is 426 g/mol. The summed E-state index contributed by atoms with van der Waals surface area (Å²) < 4.78 is 26.6. The van der Waals surface area contributed by atoms with Crippen LogP contribution in [0, 0.1) is 0 Å². The molecule has 0 fully saturated rings. The largest absolute Gasteiger partial charge is 0.494 e. The van der Waals surface area contributed by atoms with Crippen LogP contribution in [0.5, 0.6) is 5.75 Å². The summed E-state index contributed by atoms with van der Waals surface area (Å²) in [4.78, 5) is 23.1. The summed E-state index contributed by atoms with van der Waals surface area (Å²) in [7, 11) is 0. The highest BCUT2D eigenvalue weighted by atomic mass is 16.6. The average Bonchev–Trinajstić information content (AvgIpc) is 2.73. The maximum atomic E-state index is 12.0. The molecule has 1 rings (SSSR count). The standard InChI is InChI=1S/C25H41NO7/c1-6-31-23(27)19-30-17-16-29-14-9-7-8-10-15-32-22-13-11-12-21(18-22)20(2)26-24(28)33-25(3,4)5/h11-13,18,20H,6-10,14-17,19H2,1-5H3,(H,26,28). The number of ether oxygens (including phenoxy) is 5. The zero-order valence-electron chi connectivity index (χ0n) is 20.8. The molecule has 1 unspecified atom stereocenters. The molecule has 0 aromatic heterocycles. The first-order chi connectivity index (χ1) is 15.7. The molecule has 0 saturated heterocycles. The summed E-state index contributed by atoms with van der Waals surface area (Å²) in [5.74, 6) is 0.440. The Kier molecular flexibility index (Phi) is 14.2. The van der Waals surface area contributed by atoms with Crippen LogP contribution in [0.2, 0.25) is 0 Å². The van der Waals surface area contributed by atoms with Crippen molar-refractivity contribution >= 4 is 12.1 Å². The van der Waals surface area contributed by atoms with Gasteiger partial charge in [-0.15, -0.1) is 0 Å². The summed E-state index contributed by atoms with van der Waals surface area (Å²) in [5, 5.41) is 2.84. The molecule has 1 atom stereocenters. The molecule has 188 valence electrons. The number of carbonyl (C=O) groups is 2. The number of hydrogen-bond acceptors (Lipinski definition) is 7. The van der Waals surface area contributed by atoms with Gasteiger partial charge in [0.1, 0.15) is 18.0 Å². The fourth-order valence-electron chi connectivity index (χ4n) is 2.87. The number of rotatable bonds is 16. The van der Waals surface area contributed by atoms with Crippen molar-refractivity contribution < 1.29 is 33.3 Å². The van der Waals surface area contributed by atoms with Crippen molar-refractivity contribution in [3.63, 3.8) is 0 Å². The number of esters is 1. The molecule has 0 aliphatic heterocycles. The Morgan fingerprint density at radius 1 is 0.970 bits per heavy atom. The van der Waals surface area contributed by atoms with E-state index >= 15 is 0 Å². The van der Waals surface area contributed by atoms with E-state index in [1.165, 1.54) is 0 Å². The van der Waals surface area contributed by atoms with Crippen LogP contribution in [-0.4, -0.2) is 57.3 Å². The Morgan fingerprint density at radius 2 is 1.67 bits per heavy atom. The quantitative estimate of drug-likeness (QED) is 0.275. The maximum Gasteiger partial charge on any atom is 0.408 e. The van der Waals surface area contributed by atoms with E-state index in [1.54, 1.807) is 6.92 Å². The van der Waals surface area contributed by atoms with Gasteiger partial charge in [-0.25, -0.2) is 9.59 Å². The Balaban J connectivity index is 2.10. The molecule has 1 aromatic rings. The van der Waals surface area contributed by atoms with Gasteiger partial charge in [0.25, 0.3) is 0 Å². The van der Waals surface area contributed by atoms with E-state index in [0.717, 1.165) is 37.0 Å². The smallest absolute Gasteiger partial charge is 0.408 e. The zero-order chi connectivity index (χ0) is 24.5. The molecule has 1 aromatic carbocycles. The van der Waals surface area contributed by atoms with Crippen LogP contribution in [0.4, 0.5) is 4.79 Å². The topological polar surface area (TPSA) is 92.3 Å². The van der Waals surface area contributed by atoms with Gasteiger partial charge < -0.3 is 29.0 Å². The number of unbranched alkanes of at least 4 members (excludes halogenated alkanes) is 3. The maximum absolute atomic E-state index is 12.0. The molecule has 0 aliphatic rings. The molecule has 0 radical (unpaired) electrons. The van der Waals surface area contributed by atoms with Crippen LogP contribution in [0.15, 0.2) is 24.3 Å². The van der Waals surface area contributed by atoms with Gasteiger partial charge in [-0.2, -0.15) is 0 Å².